The molecule has 2 amide bonds. The van der Waals surface area contributed by atoms with Gasteiger partial charge in [0, 0.05) is 10.7 Å². The Labute approximate surface area is 210 Å². The average Bonchev–Trinajstić information content (AvgIpc) is 2.88. The van der Waals surface area contributed by atoms with Gasteiger partial charge in [0.15, 0.2) is 11.5 Å². The molecule has 2 N–H and O–H groups in total. The van der Waals surface area contributed by atoms with Gasteiger partial charge in [0.25, 0.3) is 0 Å². The number of ether oxygens (including phenoxy) is 2. The van der Waals surface area contributed by atoms with Crippen LogP contribution < -0.4 is 20.2 Å². The van der Waals surface area contributed by atoms with Crippen LogP contribution in [0.3, 0.4) is 0 Å². The lowest BCUT2D eigenvalue weighted by Gasteiger charge is -2.13. The molecule has 8 heteroatoms. The highest BCUT2D eigenvalue weighted by molar-refractivity contribution is 6.39. The minimum atomic E-state index is -0.857. The second-order valence-electron chi connectivity index (χ2n) is 7.64. The molecular formula is C27H28ClN3O4. The van der Waals surface area contributed by atoms with Crippen molar-refractivity contribution in [1.29, 1.82) is 0 Å². The molecule has 0 saturated heterocycles. The van der Waals surface area contributed by atoms with Crippen molar-refractivity contribution >= 4 is 35.3 Å². The highest BCUT2D eigenvalue weighted by Crippen LogP contribution is 2.28. The van der Waals surface area contributed by atoms with Crippen molar-refractivity contribution in [2.75, 3.05) is 12.4 Å². The van der Waals surface area contributed by atoms with Gasteiger partial charge in [0.2, 0.25) is 0 Å². The fourth-order valence-corrected chi connectivity index (χ4v) is 3.54. The highest BCUT2D eigenvalue weighted by atomic mass is 35.5. The molecule has 0 heterocycles. The third-order valence-corrected chi connectivity index (χ3v) is 5.57. The van der Waals surface area contributed by atoms with Crippen molar-refractivity contribution in [3.8, 4) is 11.5 Å². The van der Waals surface area contributed by atoms with Gasteiger partial charge in [-0.3, -0.25) is 9.59 Å². The van der Waals surface area contributed by atoms with Crippen molar-refractivity contribution in [2.45, 2.75) is 33.3 Å². The van der Waals surface area contributed by atoms with Crippen LogP contribution in [-0.2, 0) is 29.0 Å². The summed E-state index contributed by atoms with van der Waals surface area (Å²) in [5, 5.41) is 7.28. The number of amides is 2. The van der Waals surface area contributed by atoms with Gasteiger partial charge in [0.05, 0.1) is 13.3 Å². The van der Waals surface area contributed by atoms with Gasteiger partial charge in [-0.2, -0.15) is 5.10 Å². The lowest BCUT2D eigenvalue weighted by atomic mass is 10.0. The largest absolute Gasteiger partial charge is 0.493 e. The summed E-state index contributed by atoms with van der Waals surface area (Å²) in [6.45, 7) is 4.35. The molecule has 0 fully saturated rings. The number of rotatable bonds is 9. The predicted octanol–water partition coefficient (Wildman–Crippen LogP) is 5.14. The van der Waals surface area contributed by atoms with Crippen LogP contribution in [0.1, 0.15) is 36.1 Å². The predicted molar refractivity (Wildman–Crippen MR) is 138 cm³/mol. The molecule has 0 radical (unpaired) electrons. The summed E-state index contributed by atoms with van der Waals surface area (Å²) in [6.07, 6.45) is 2.91. The van der Waals surface area contributed by atoms with Crippen molar-refractivity contribution in [3.05, 3.63) is 87.9 Å². The second kappa shape index (κ2) is 12.6. The lowest BCUT2D eigenvalue weighted by molar-refractivity contribution is -0.136. The third kappa shape index (κ3) is 7.07. The van der Waals surface area contributed by atoms with E-state index in [2.05, 4.69) is 15.8 Å². The van der Waals surface area contributed by atoms with E-state index in [1.165, 1.54) is 13.3 Å². The molecule has 0 bridgehead atoms. The smallest absolute Gasteiger partial charge is 0.329 e. The molecule has 3 aromatic rings. The maximum absolute atomic E-state index is 12.4. The van der Waals surface area contributed by atoms with Crippen LogP contribution in [0.15, 0.2) is 65.8 Å². The Morgan fingerprint density at radius 3 is 2.26 bits per heavy atom. The van der Waals surface area contributed by atoms with E-state index >= 15 is 0 Å². The normalized spacial score (nSPS) is 10.7. The molecule has 35 heavy (non-hydrogen) atoms. The Balaban J connectivity index is 1.60. The lowest BCUT2D eigenvalue weighted by Crippen LogP contribution is -2.33. The molecule has 0 atom stereocenters. The first kappa shape index (κ1) is 25.8. The minimum Gasteiger partial charge on any atom is -0.493 e. The number of anilines is 1. The first-order valence-corrected chi connectivity index (χ1v) is 11.6. The maximum atomic E-state index is 12.4. The summed E-state index contributed by atoms with van der Waals surface area (Å²) in [7, 11) is 1.54. The zero-order chi connectivity index (χ0) is 25.2. The van der Waals surface area contributed by atoms with Gasteiger partial charge in [-0.05, 0) is 65.4 Å². The van der Waals surface area contributed by atoms with Gasteiger partial charge in [-0.1, -0.05) is 55.8 Å². The van der Waals surface area contributed by atoms with Crippen LogP contribution in [0.5, 0.6) is 11.5 Å². The van der Waals surface area contributed by atoms with E-state index in [0.29, 0.717) is 34.4 Å². The van der Waals surface area contributed by atoms with Crippen LogP contribution in [0.25, 0.3) is 0 Å². The Bertz CT molecular complexity index is 1190. The molecule has 182 valence electrons. The number of hydrogen-bond donors (Lipinski definition) is 2. The van der Waals surface area contributed by atoms with Crippen molar-refractivity contribution in [1.82, 2.24) is 5.43 Å². The zero-order valence-electron chi connectivity index (χ0n) is 19.9. The van der Waals surface area contributed by atoms with E-state index in [-0.39, 0.29) is 0 Å². The first-order valence-electron chi connectivity index (χ1n) is 11.3. The van der Waals surface area contributed by atoms with Gasteiger partial charge in [-0.25, -0.2) is 5.43 Å². The number of carbonyl (C=O) groups excluding carboxylic acids is 2. The fraction of sp³-hybridized carbons (Fsp3) is 0.222. The Hall–Kier alpha value is -3.84. The standard InChI is InChI=1S/C27H28ClN3O4/c1-4-20-7-6-8-21(5-2)25(20)30-26(32)27(33)31-29-16-19-11-14-23(24(15-19)34-3)35-17-18-9-12-22(28)13-10-18/h6-16H,4-5,17H2,1-3H3,(H,30,32)(H,31,33)/b29-16-. The van der Waals surface area contributed by atoms with E-state index in [1.54, 1.807) is 30.3 Å². The molecule has 0 unspecified atom stereocenters. The summed E-state index contributed by atoms with van der Waals surface area (Å²) in [5.41, 5.74) is 6.52. The molecular weight excluding hydrogens is 466 g/mol. The number of carbonyl (C=O) groups is 2. The number of hydrazone groups is 1. The molecule has 3 rings (SSSR count). The topological polar surface area (TPSA) is 89.0 Å². The summed E-state index contributed by atoms with van der Waals surface area (Å²) in [4.78, 5) is 24.7. The SMILES string of the molecule is CCc1cccc(CC)c1NC(=O)C(=O)N/N=C\c1ccc(OCc2ccc(Cl)cc2)c(OC)c1. The summed E-state index contributed by atoms with van der Waals surface area (Å²) in [5.74, 6) is -0.565. The summed E-state index contributed by atoms with van der Waals surface area (Å²) < 4.78 is 11.3. The van der Waals surface area contributed by atoms with Gasteiger partial charge in [-0.15, -0.1) is 0 Å². The molecule has 0 spiro atoms. The van der Waals surface area contributed by atoms with E-state index in [4.69, 9.17) is 21.1 Å². The van der Waals surface area contributed by atoms with Crippen LogP contribution in [0.2, 0.25) is 5.02 Å². The second-order valence-corrected chi connectivity index (χ2v) is 8.07. The van der Waals surface area contributed by atoms with Crippen LogP contribution in [0.4, 0.5) is 5.69 Å². The maximum Gasteiger partial charge on any atom is 0.329 e. The fourth-order valence-electron chi connectivity index (χ4n) is 3.42. The molecule has 0 aromatic heterocycles. The van der Waals surface area contributed by atoms with Crippen molar-refractivity contribution < 1.29 is 19.1 Å². The van der Waals surface area contributed by atoms with Crippen LogP contribution in [-0.4, -0.2) is 25.1 Å². The van der Waals surface area contributed by atoms with Crippen LogP contribution >= 0.6 is 11.6 Å². The molecule has 0 aliphatic rings. The number of halogens is 1. The van der Waals surface area contributed by atoms with Crippen molar-refractivity contribution in [2.24, 2.45) is 5.10 Å². The Morgan fingerprint density at radius 1 is 0.943 bits per heavy atom. The molecule has 7 nitrogen and oxygen atoms in total. The summed E-state index contributed by atoms with van der Waals surface area (Å²) >= 11 is 5.91. The molecule has 3 aromatic carbocycles. The number of para-hydroxylation sites is 1. The number of benzene rings is 3. The average molecular weight is 494 g/mol. The number of methoxy groups -OCH3 is 1. The number of hydrogen-bond acceptors (Lipinski definition) is 5. The van der Waals surface area contributed by atoms with Gasteiger partial charge in [0.1, 0.15) is 6.61 Å². The highest BCUT2D eigenvalue weighted by Gasteiger charge is 2.16. The third-order valence-electron chi connectivity index (χ3n) is 5.32. The number of aryl methyl sites for hydroxylation is 2. The van der Waals surface area contributed by atoms with E-state index in [0.717, 1.165) is 29.5 Å². The Kier molecular flexibility index (Phi) is 9.26. The van der Waals surface area contributed by atoms with E-state index in [9.17, 15) is 9.59 Å². The minimum absolute atomic E-state index is 0.354. The van der Waals surface area contributed by atoms with Gasteiger partial charge >= 0.3 is 11.8 Å². The zero-order valence-corrected chi connectivity index (χ0v) is 20.7. The molecule has 0 aliphatic heterocycles. The monoisotopic (exact) mass is 493 g/mol. The van der Waals surface area contributed by atoms with Crippen molar-refractivity contribution in [3.63, 3.8) is 0 Å². The molecule has 0 aliphatic carbocycles. The quantitative estimate of drug-likeness (QED) is 0.245. The van der Waals surface area contributed by atoms with E-state index in [1.807, 2.05) is 44.2 Å². The summed E-state index contributed by atoms with van der Waals surface area (Å²) in [6, 6.07) is 18.4. The van der Waals surface area contributed by atoms with Gasteiger partial charge < -0.3 is 14.8 Å². The number of nitrogens with one attached hydrogen (secondary N) is 2. The Morgan fingerprint density at radius 2 is 1.63 bits per heavy atom. The van der Waals surface area contributed by atoms with E-state index < -0.39 is 11.8 Å². The van der Waals surface area contributed by atoms with Crippen LogP contribution in [0, 0.1) is 0 Å². The first-order chi connectivity index (χ1) is 16.9. The number of nitrogens with zero attached hydrogens (tertiary/aromatic N) is 1. The molecule has 0 saturated carbocycles.